The number of hydrogen-bond acceptors (Lipinski definition) is 5. The first-order chi connectivity index (χ1) is 9.66. The summed E-state index contributed by atoms with van der Waals surface area (Å²) >= 11 is 1.33. The molecule has 0 aliphatic rings. The second-order valence-electron chi connectivity index (χ2n) is 4.42. The summed E-state index contributed by atoms with van der Waals surface area (Å²) < 4.78 is 0. The molecule has 1 aromatic carbocycles. The summed E-state index contributed by atoms with van der Waals surface area (Å²) in [5, 5.41) is 9.19. The highest BCUT2D eigenvalue weighted by molar-refractivity contribution is 7.13. The second kappa shape index (κ2) is 4.97. The van der Waals surface area contributed by atoms with Crippen LogP contribution in [0.1, 0.15) is 16.1 Å². The van der Waals surface area contributed by atoms with E-state index in [1.807, 2.05) is 31.2 Å². The molecule has 0 bridgehead atoms. The highest BCUT2D eigenvalue weighted by Crippen LogP contribution is 2.22. The molecule has 0 atom stereocenters. The number of carbonyl (C=O) groups is 1. The van der Waals surface area contributed by atoms with Crippen LogP contribution in [0.15, 0.2) is 35.8 Å². The highest BCUT2D eigenvalue weighted by Gasteiger charge is 2.18. The zero-order valence-electron chi connectivity index (χ0n) is 11.1. The molecule has 0 spiro atoms. The molecule has 0 radical (unpaired) electrons. The Hall–Kier alpha value is -2.34. The van der Waals surface area contributed by atoms with Crippen LogP contribution in [0.2, 0.25) is 0 Å². The van der Waals surface area contributed by atoms with Crippen molar-refractivity contribution in [2.45, 2.75) is 6.92 Å². The van der Waals surface area contributed by atoms with Crippen molar-refractivity contribution in [2.24, 2.45) is 0 Å². The summed E-state index contributed by atoms with van der Waals surface area (Å²) in [6.07, 6.45) is 0. The Labute approximate surface area is 119 Å². The Morgan fingerprint density at radius 1 is 1.25 bits per heavy atom. The second-order valence-corrected chi connectivity index (χ2v) is 5.23. The van der Waals surface area contributed by atoms with Crippen LogP contribution in [0, 0.1) is 6.92 Å². The van der Waals surface area contributed by atoms with Crippen LogP contribution >= 0.6 is 11.3 Å². The molecule has 2 aromatic heterocycles. The van der Waals surface area contributed by atoms with Crippen LogP contribution in [0.25, 0.3) is 10.9 Å². The fraction of sp³-hybridized carbons (Fsp3) is 0.143. The average Bonchev–Trinajstić information content (AvgIpc) is 2.99. The van der Waals surface area contributed by atoms with Gasteiger partial charge in [0.05, 0.1) is 11.1 Å². The minimum Gasteiger partial charge on any atom is -0.286 e. The number of carbonyl (C=O) groups excluding carboxylic acids is 1. The van der Waals surface area contributed by atoms with Gasteiger partial charge in [0.15, 0.2) is 0 Å². The minimum atomic E-state index is -0.134. The van der Waals surface area contributed by atoms with Crippen molar-refractivity contribution in [1.29, 1.82) is 0 Å². The topological polar surface area (TPSA) is 59.0 Å². The van der Waals surface area contributed by atoms with Gasteiger partial charge in [-0.25, -0.2) is 0 Å². The molecule has 0 saturated carbocycles. The van der Waals surface area contributed by atoms with Crippen molar-refractivity contribution in [3.05, 3.63) is 47.1 Å². The molecule has 5 nitrogen and oxygen atoms in total. The predicted octanol–water partition coefficient (Wildman–Crippen LogP) is 2.67. The maximum Gasteiger partial charge on any atom is 0.262 e. The van der Waals surface area contributed by atoms with E-state index in [2.05, 4.69) is 15.2 Å². The molecule has 3 rings (SSSR count). The number of nitrogens with zero attached hydrogens (tertiary/aromatic N) is 4. The van der Waals surface area contributed by atoms with Crippen molar-refractivity contribution in [3.63, 3.8) is 0 Å². The number of para-hydroxylation sites is 1. The van der Waals surface area contributed by atoms with E-state index < -0.39 is 0 Å². The van der Waals surface area contributed by atoms with Gasteiger partial charge in [0.1, 0.15) is 5.51 Å². The first-order valence-corrected chi connectivity index (χ1v) is 6.95. The maximum atomic E-state index is 12.6. The number of hydrogen-bond donors (Lipinski definition) is 0. The number of benzene rings is 1. The SMILES string of the molecule is Cc1ccc2cccc(C(=O)N(C)c3nncs3)c2n1. The molecule has 6 heteroatoms. The number of aryl methyl sites for hydroxylation is 1. The molecular weight excluding hydrogens is 272 g/mol. The summed E-state index contributed by atoms with van der Waals surface area (Å²) in [4.78, 5) is 18.6. The zero-order chi connectivity index (χ0) is 14.1. The van der Waals surface area contributed by atoms with Crippen molar-refractivity contribution in [1.82, 2.24) is 15.2 Å². The molecule has 0 N–H and O–H groups in total. The van der Waals surface area contributed by atoms with E-state index in [1.54, 1.807) is 18.6 Å². The van der Waals surface area contributed by atoms with Gasteiger partial charge in [-0.05, 0) is 19.1 Å². The number of rotatable bonds is 2. The molecule has 1 amide bonds. The molecule has 2 heterocycles. The van der Waals surface area contributed by atoms with E-state index >= 15 is 0 Å². The summed E-state index contributed by atoms with van der Waals surface area (Å²) in [5.74, 6) is -0.134. The Bertz CT molecular complexity index is 770. The van der Waals surface area contributed by atoms with Crippen molar-refractivity contribution < 1.29 is 4.79 Å². The fourth-order valence-corrected chi connectivity index (χ4v) is 2.52. The summed E-state index contributed by atoms with van der Waals surface area (Å²) in [5.41, 5.74) is 3.78. The highest BCUT2D eigenvalue weighted by atomic mass is 32.1. The van der Waals surface area contributed by atoms with Gasteiger partial charge in [0, 0.05) is 18.1 Å². The quantitative estimate of drug-likeness (QED) is 0.726. The number of aromatic nitrogens is 3. The average molecular weight is 284 g/mol. The lowest BCUT2D eigenvalue weighted by atomic mass is 10.1. The molecule has 3 aromatic rings. The smallest absolute Gasteiger partial charge is 0.262 e. The summed E-state index contributed by atoms with van der Waals surface area (Å²) in [7, 11) is 1.69. The van der Waals surface area contributed by atoms with Crippen molar-refractivity contribution in [2.75, 3.05) is 11.9 Å². The largest absolute Gasteiger partial charge is 0.286 e. The third-order valence-electron chi connectivity index (χ3n) is 3.03. The van der Waals surface area contributed by atoms with Gasteiger partial charge in [-0.1, -0.05) is 29.5 Å². The molecule has 0 unspecified atom stereocenters. The van der Waals surface area contributed by atoms with Gasteiger partial charge in [-0.3, -0.25) is 14.7 Å². The third kappa shape index (κ3) is 2.14. The number of amides is 1. The van der Waals surface area contributed by atoms with Gasteiger partial charge in [-0.2, -0.15) is 0 Å². The van der Waals surface area contributed by atoms with Crippen molar-refractivity contribution in [3.8, 4) is 0 Å². The van der Waals surface area contributed by atoms with E-state index in [0.717, 1.165) is 11.1 Å². The van der Waals surface area contributed by atoms with E-state index in [1.165, 1.54) is 16.2 Å². The summed E-state index contributed by atoms with van der Waals surface area (Å²) in [6.45, 7) is 1.91. The molecule has 0 fully saturated rings. The normalized spacial score (nSPS) is 10.7. The van der Waals surface area contributed by atoms with Gasteiger partial charge < -0.3 is 0 Å². The molecule has 100 valence electrons. The minimum absolute atomic E-state index is 0.134. The number of pyridine rings is 1. The standard InChI is InChI=1S/C14H12N4OS/c1-9-6-7-10-4-3-5-11(12(10)16-9)13(19)18(2)14-17-15-8-20-14/h3-8H,1-2H3. The maximum absolute atomic E-state index is 12.6. The molecular formula is C14H12N4OS. The predicted molar refractivity (Wildman–Crippen MR) is 79.1 cm³/mol. The van der Waals surface area contributed by atoms with Crippen LogP contribution in [0.4, 0.5) is 5.13 Å². The van der Waals surface area contributed by atoms with Crippen LogP contribution in [-0.2, 0) is 0 Å². The van der Waals surface area contributed by atoms with Gasteiger partial charge in [0.2, 0.25) is 5.13 Å². The lowest BCUT2D eigenvalue weighted by molar-refractivity contribution is 0.0994. The molecule has 0 saturated heterocycles. The van der Waals surface area contributed by atoms with Crippen LogP contribution in [0.3, 0.4) is 0 Å². The first-order valence-electron chi connectivity index (χ1n) is 6.07. The first kappa shape index (κ1) is 12.7. The lowest BCUT2D eigenvalue weighted by Crippen LogP contribution is -2.26. The fourth-order valence-electron chi connectivity index (χ4n) is 2.00. The van der Waals surface area contributed by atoms with E-state index in [0.29, 0.717) is 16.2 Å². The molecule has 0 aliphatic heterocycles. The van der Waals surface area contributed by atoms with Gasteiger partial charge in [0.25, 0.3) is 5.91 Å². The third-order valence-corrected chi connectivity index (χ3v) is 3.80. The Morgan fingerprint density at radius 2 is 2.10 bits per heavy atom. The number of fused-ring (bicyclic) bond motifs is 1. The van der Waals surface area contributed by atoms with E-state index in [9.17, 15) is 4.79 Å². The van der Waals surface area contributed by atoms with Gasteiger partial charge >= 0.3 is 0 Å². The van der Waals surface area contributed by atoms with Crippen LogP contribution < -0.4 is 4.90 Å². The summed E-state index contributed by atoms with van der Waals surface area (Å²) in [6, 6.07) is 9.50. The lowest BCUT2D eigenvalue weighted by Gasteiger charge is -2.14. The molecule has 20 heavy (non-hydrogen) atoms. The Kier molecular flexibility index (Phi) is 3.15. The van der Waals surface area contributed by atoms with Gasteiger partial charge in [-0.15, -0.1) is 10.2 Å². The monoisotopic (exact) mass is 284 g/mol. The number of anilines is 1. The van der Waals surface area contributed by atoms with E-state index in [4.69, 9.17) is 0 Å². The zero-order valence-corrected chi connectivity index (χ0v) is 11.9. The van der Waals surface area contributed by atoms with E-state index in [-0.39, 0.29) is 5.91 Å². The Balaban J connectivity index is 2.10. The van der Waals surface area contributed by atoms with Crippen LogP contribution in [0.5, 0.6) is 0 Å². The van der Waals surface area contributed by atoms with Crippen LogP contribution in [-0.4, -0.2) is 28.1 Å². The molecule has 0 aliphatic carbocycles. The van der Waals surface area contributed by atoms with Crippen molar-refractivity contribution >= 4 is 33.3 Å². The Morgan fingerprint density at radius 3 is 2.85 bits per heavy atom.